The third-order valence-electron chi connectivity index (χ3n) is 2.56. The van der Waals surface area contributed by atoms with Crippen molar-refractivity contribution >= 4 is 5.78 Å². The van der Waals surface area contributed by atoms with Crippen LogP contribution in [0, 0.1) is 0 Å². The Kier molecular flexibility index (Phi) is 10.4. The van der Waals surface area contributed by atoms with Gasteiger partial charge in [0.2, 0.25) is 0 Å². The topological polar surface area (TPSA) is 63.3 Å². The molecule has 0 fully saturated rings. The second-order valence-electron chi connectivity index (χ2n) is 4.11. The molecule has 0 spiro atoms. The monoisotopic (exact) mass is 227 g/mol. The summed E-state index contributed by atoms with van der Waals surface area (Å²) in [7, 11) is 0. The zero-order valence-corrected chi connectivity index (χ0v) is 10.3. The number of rotatable bonds is 10. The summed E-state index contributed by atoms with van der Waals surface area (Å²) < 4.78 is 0. The first-order chi connectivity index (χ1) is 7.72. The summed E-state index contributed by atoms with van der Waals surface area (Å²) >= 11 is 0. The molecule has 3 heteroatoms. The lowest BCUT2D eigenvalue weighted by atomic mass is 10.1. The number of aliphatic hydroxyl groups is 1. The molecule has 0 aromatic carbocycles. The largest absolute Gasteiger partial charge is 0.384 e. The van der Waals surface area contributed by atoms with E-state index in [9.17, 15) is 4.79 Å². The number of allylic oxidation sites excluding steroid dienone is 1. The van der Waals surface area contributed by atoms with E-state index in [-0.39, 0.29) is 12.3 Å². The van der Waals surface area contributed by atoms with Gasteiger partial charge in [-0.05, 0) is 18.9 Å². The predicted molar refractivity (Wildman–Crippen MR) is 67.2 cm³/mol. The number of unbranched alkanes of at least 4 members (excludes halogenated alkanes) is 6. The molecular formula is C13H25NO2. The van der Waals surface area contributed by atoms with Crippen LogP contribution in [0.2, 0.25) is 0 Å². The zero-order chi connectivity index (χ0) is 12.2. The lowest BCUT2D eigenvalue weighted by Gasteiger charge is -2.01. The van der Waals surface area contributed by atoms with Crippen molar-refractivity contribution in [3.63, 3.8) is 0 Å². The molecule has 1 unspecified atom stereocenters. The Morgan fingerprint density at radius 3 is 2.50 bits per heavy atom. The summed E-state index contributed by atoms with van der Waals surface area (Å²) in [4.78, 5) is 11.1. The molecule has 3 nitrogen and oxygen atoms in total. The standard InChI is InChI=1S/C13H25NO2/c1-2-3-4-5-6-7-8-9-10-12(15)13(16)11-14/h9-10,13,16H,2-8,11,14H2,1H3. The third-order valence-corrected chi connectivity index (χ3v) is 2.56. The Balaban J connectivity index is 3.37. The summed E-state index contributed by atoms with van der Waals surface area (Å²) in [6.45, 7) is 2.21. The first kappa shape index (κ1) is 15.3. The molecular weight excluding hydrogens is 202 g/mol. The molecule has 0 aromatic heterocycles. The molecule has 0 saturated carbocycles. The van der Waals surface area contributed by atoms with Gasteiger partial charge in [-0.15, -0.1) is 0 Å². The second-order valence-corrected chi connectivity index (χ2v) is 4.11. The minimum atomic E-state index is -1.03. The first-order valence-electron chi connectivity index (χ1n) is 6.30. The summed E-state index contributed by atoms with van der Waals surface area (Å²) in [5.74, 6) is -0.284. The molecule has 0 heterocycles. The van der Waals surface area contributed by atoms with Crippen LogP contribution in [0.1, 0.15) is 51.9 Å². The maximum Gasteiger partial charge on any atom is 0.185 e. The highest BCUT2D eigenvalue weighted by Gasteiger charge is 2.07. The van der Waals surface area contributed by atoms with Crippen molar-refractivity contribution in [2.24, 2.45) is 5.73 Å². The molecule has 0 aliphatic carbocycles. The van der Waals surface area contributed by atoms with Crippen molar-refractivity contribution in [2.45, 2.75) is 58.0 Å². The van der Waals surface area contributed by atoms with Gasteiger partial charge in [-0.3, -0.25) is 4.79 Å². The zero-order valence-electron chi connectivity index (χ0n) is 10.3. The Hall–Kier alpha value is -0.670. The van der Waals surface area contributed by atoms with Gasteiger partial charge in [-0.1, -0.05) is 45.1 Å². The van der Waals surface area contributed by atoms with E-state index < -0.39 is 6.10 Å². The fourth-order valence-corrected chi connectivity index (χ4v) is 1.47. The molecule has 0 radical (unpaired) electrons. The highest BCUT2D eigenvalue weighted by molar-refractivity contribution is 5.93. The van der Waals surface area contributed by atoms with E-state index in [4.69, 9.17) is 10.8 Å². The average molecular weight is 227 g/mol. The molecule has 94 valence electrons. The normalized spacial score (nSPS) is 13.2. The Morgan fingerprint density at radius 2 is 1.88 bits per heavy atom. The lowest BCUT2D eigenvalue weighted by molar-refractivity contribution is -0.121. The summed E-state index contributed by atoms with van der Waals surface area (Å²) in [5, 5.41) is 9.10. The summed E-state index contributed by atoms with van der Waals surface area (Å²) in [6, 6.07) is 0. The van der Waals surface area contributed by atoms with Crippen molar-refractivity contribution in [1.29, 1.82) is 0 Å². The fraction of sp³-hybridized carbons (Fsp3) is 0.769. The van der Waals surface area contributed by atoms with Crippen LogP contribution in [0.15, 0.2) is 12.2 Å². The SMILES string of the molecule is CCCCCCCCC=CC(=O)C(O)CN. The van der Waals surface area contributed by atoms with Gasteiger partial charge >= 0.3 is 0 Å². The molecule has 0 bridgehead atoms. The molecule has 0 aliphatic rings. The van der Waals surface area contributed by atoms with Gasteiger partial charge in [0.25, 0.3) is 0 Å². The van der Waals surface area contributed by atoms with E-state index in [1.54, 1.807) is 0 Å². The van der Waals surface area contributed by atoms with Gasteiger partial charge in [-0.2, -0.15) is 0 Å². The molecule has 0 aliphatic heterocycles. The highest BCUT2D eigenvalue weighted by Crippen LogP contribution is 2.07. The van der Waals surface area contributed by atoms with Gasteiger partial charge in [0.05, 0.1) is 0 Å². The summed E-state index contributed by atoms with van der Waals surface area (Å²) in [5.41, 5.74) is 5.17. The predicted octanol–water partition coefficient (Wildman–Crippen LogP) is 2.18. The van der Waals surface area contributed by atoms with Gasteiger partial charge < -0.3 is 10.8 Å². The number of carbonyl (C=O) groups excluding carboxylic acids is 1. The quantitative estimate of drug-likeness (QED) is 0.444. The van der Waals surface area contributed by atoms with E-state index in [1.807, 2.05) is 6.08 Å². The second kappa shape index (κ2) is 10.8. The Morgan fingerprint density at radius 1 is 1.25 bits per heavy atom. The van der Waals surface area contributed by atoms with Crippen LogP contribution < -0.4 is 5.73 Å². The van der Waals surface area contributed by atoms with E-state index in [1.165, 1.54) is 38.2 Å². The molecule has 1 atom stereocenters. The molecule has 0 saturated heterocycles. The van der Waals surface area contributed by atoms with Crippen LogP contribution in [0.4, 0.5) is 0 Å². The van der Waals surface area contributed by atoms with Crippen LogP contribution in [-0.4, -0.2) is 23.5 Å². The fourth-order valence-electron chi connectivity index (χ4n) is 1.47. The van der Waals surface area contributed by atoms with E-state index in [2.05, 4.69) is 6.92 Å². The first-order valence-corrected chi connectivity index (χ1v) is 6.30. The van der Waals surface area contributed by atoms with Crippen molar-refractivity contribution in [3.05, 3.63) is 12.2 Å². The van der Waals surface area contributed by atoms with Crippen LogP contribution in [-0.2, 0) is 4.79 Å². The van der Waals surface area contributed by atoms with Crippen molar-refractivity contribution in [3.8, 4) is 0 Å². The van der Waals surface area contributed by atoms with Gasteiger partial charge in [0.15, 0.2) is 5.78 Å². The molecule has 16 heavy (non-hydrogen) atoms. The van der Waals surface area contributed by atoms with E-state index in [0.717, 1.165) is 12.8 Å². The molecule has 0 amide bonds. The molecule has 0 aromatic rings. The number of hydrogen-bond donors (Lipinski definition) is 2. The Labute approximate surface area is 98.7 Å². The van der Waals surface area contributed by atoms with Gasteiger partial charge in [0, 0.05) is 6.54 Å². The van der Waals surface area contributed by atoms with Gasteiger partial charge in [-0.25, -0.2) is 0 Å². The van der Waals surface area contributed by atoms with Gasteiger partial charge in [0.1, 0.15) is 6.10 Å². The number of nitrogens with two attached hydrogens (primary N) is 1. The van der Waals surface area contributed by atoms with E-state index >= 15 is 0 Å². The number of hydrogen-bond acceptors (Lipinski definition) is 3. The maximum atomic E-state index is 11.1. The minimum Gasteiger partial charge on any atom is -0.384 e. The van der Waals surface area contributed by atoms with Crippen molar-refractivity contribution in [1.82, 2.24) is 0 Å². The van der Waals surface area contributed by atoms with E-state index in [0.29, 0.717) is 0 Å². The highest BCUT2D eigenvalue weighted by atomic mass is 16.3. The Bertz CT molecular complexity index is 202. The molecule has 0 rings (SSSR count). The van der Waals surface area contributed by atoms with Crippen molar-refractivity contribution in [2.75, 3.05) is 6.54 Å². The van der Waals surface area contributed by atoms with Crippen LogP contribution in [0.3, 0.4) is 0 Å². The lowest BCUT2D eigenvalue weighted by Crippen LogP contribution is -2.27. The average Bonchev–Trinajstić information content (AvgIpc) is 2.31. The van der Waals surface area contributed by atoms with Crippen LogP contribution >= 0.6 is 0 Å². The number of carbonyl (C=O) groups is 1. The number of ketones is 1. The maximum absolute atomic E-state index is 11.1. The van der Waals surface area contributed by atoms with Crippen LogP contribution in [0.25, 0.3) is 0 Å². The number of aliphatic hydroxyl groups excluding tert-OH is 1. The minimum absolute atomic E-state index is 0.000190. The van der Waals surface area contributed by atoms with Crippen molar-refractivity contribution < 1.29 is 9.90 Å². The summed E-state index contributed by atoms with van der Waals surface area (Å²) in [6.07, 6.45) is 10.7. The smallest absolute Gasteiger partial charge is 0.185 e. The third kappa shape index (κ3) is 8.62. The molecule has 3 N–H and O–H groups in total. The van der Waals surface area contributed by atoms with Crippen LogP contribution in [0.5, 0.6) is 0 Å².